The molecular formula is C18H27N3O2. The number of allylic oxidation sites excluding steroid dienone is 3. The molecule has 2 aliphatic rings. The van der Waals surface area contributed by atoms with E-state index in [-0.39, 0.29) is 18.5 Å². The molecule has 0 spiro atoms. The molecular weight excluding hydrogens is 290 g/mol. The highest BCUT2D eigenvalue weighted by molar-refractivity contribution is 5.81. The maximum absolute atomic E-state index is 12.5. The number of carbonyl (C=O) groups excluding carboxylic acids is 2. The van der Waals surface area contributed by atoms with Crippen LogP contribution in [0.4, 0.5) is 0 Å². The molecule has 2 amide bonds. The Bertz CT molecular complexity index is 548. The van der Waals surface area contributed by atoms with Gasteiger partial charge in [-0.2, -0.15) is 0 Å². The first-order valence-corrected chi connectivity index (χ1v) is 8.31. The maximum atomic E-state index is 12.5. The molecule has 0 fully saturated rings. The number of rotatable bonds is 3. The zero-order chi connectivity index (χ0) is 16.8. The van der Waals surface area contributed by atoms with E-state index in [4.69, 9.17) is 0 Å². The smallest absolute Gasteiger partial charge is 0.242 e. The van der Waals surface area contributed by atoms with Crippen LogP contribution in [0.5, 0.6) is 0 Å². The molecule has 2 rings (SSSR count). The summed E-state index contributed by atoms with van der Waals surface area (Å²) in [6.45, 7) is 5.03. The second-order valence-corrected chi connectivity index (χ2v) is 6.29. The van der Waals surface area contributed by atoms with Crippen molar-refractivity contribution in [3.05, 3.63) is 35.2 Å². The summed E-state index contributed by atoms with van der Waals surface area (Å²) in [5.41, 5.74) is 3.73. The lowest BCUT2D eigenvalue weighted by Crippen LogP contribution is -2.49. The van der Waals surface area contributed by atoms with Crippen LogP contribution < -0.4 is 5.32 Å². The fraction of sp³-hybridized carbons (Fsp3) is 0.556. The van der Waals surface area contributed by atoms with Gasteiger partial charge in [0.25, 0.3) is 0 Å². The van der Waals surface area contributed by atoms with E-state index in [2.05, 4.69) is 24.4 Å². The van der Waals surface area contributed by atoms with Crippen molar-refractivity contribution < 1.29 is 9.59 Å². The lowest BCUT2D eigenvalue weighted by molar-refractivity contribution is -0.136. The average Bonchev–Trinajstić information content (AvgIpc) is 2.54. The van der Waals surface area contributed by atoms with Crippen LogP contribution >= 0.6 is 0 Å². The van der Waals surface area contributed by atoms with Crippen LogP contribution in [-0.2, 0) is 9.59 Å². The average molecular weight is 317 g/mol. The number of likely N-dealkylation sites (N-methyl/N-ethyl adjacent to an activating group) is 1. The number of amides is 2. The second-order valence-electron chi connectivity index (χ2n) is 6.29. The third-order valence-electron chi connectivity index (χ3n) is 4.56. The van der Waals surface area contributed by atoms with Gasteiger partial charge in [-0.1, -0.05) is 17.7 Å². The molecule has 0 saturated heterocycles. The molecule has 0 bridgehead atoms. The second kappa shape index (κ2) is 7.99. The number of nitrogens with one attached hydrogen (secondary N) is 1. The van der Waals surface area contributed by atoms with Crippen LogP contribution in [0.3, 0.4) is 0 Å². The Morgan fingerprint density at radius 2 is 2.26 bits per heavy atom. The molecule has 0 saturated carbocycles. The Balaban J connectivity index is 2.24. The van der Waals surface area contributed by atoms with Crippen LogP contribution in [0.1, 0.15) is 39.5 Å². The predicted molar refractivity (Wildman–Crippen MR) is 91.4 cm³/mol. The highest BCUT2D eigenvalue weighted by atomic mass is 16.2. The summed E-state index contributed by atoms with van der Waals surface area (Å²) in [6.07, 6.45) is 11.3. The van der Waals surface area contributed by atoms with Gasteiger partial charge in [0.1, 0.15) is 0 Å². The Morgan fingerprint density at radius 1 is 1.48 bits per heavy atom. The van der Waals surface area contributed by atoms with Crippen molar-refractivity contribution in [1.29, 1.82) is 0 Å². The summed E-state index contributed by atoms with van der Waals surface area (Å²) < 4.78 is 0. The molecule has 0 aromatic heterocycles. The van der Waals surface area contributed by atoms with Crippen molar-refractivity contribution in [3.8, 4) is 0 Å². The molecule has 0 aliphatic carbocycles. The van der Waals surface area contributed by atoms with E-state index < -0.39 is 0 Å². The maximum Gasteiger partial charge on any atom is 0.242 e. The molecule has 1 N–H and O–H groups in total. The molecule has 126 valence electrons. The number of hydrogen-bond acceptors (Lipinski definition) is 3. The first kappa shape index (κ1) is 17.3. The van der Waals surface area contributed by atoms with E-state index in [1.165, 1.54) is 16.0 Å². The third kappa shape index (κ3) is 4.24. The molecule has 2 aliphatic heterocycles. The highest BCUT2D eigenvalue weighted by Gasteiger charge is 2.30. The van der Waals surface area contributed by atoms with Crippen molar-refractivity contribution >= 4 is 12.3 Å². The molecule has 5 heteroatoms. The summed E-state index contributed by atoms with van der Waals surface area (Å²) in [6, 6.07) is -0.0151. The minimum absolute atomic E-state index is 0.0110. The SMILES string of the molecule is C/C1=C\CCC/C=C/NC2=C1CCN(C(=O)CN(C)C=O)[C@H]2C. The van der Waals surface area contributed by atoms with Crippen LogP contribution in [0.25, 0.3) is 0 Å². The van der Waals surface area contributed by atoms with Gasteiger partial charge in [-0.3, -0.25) is 9.59 Å². The van der Waals surface area contributed by atoms with Gasteiger partial charge in [0.05, 0.1) is 12.6 Å². The minimum Gasteiger partial charge on any atom is -0.363 e. The van der Waals surface area contributed by atoms with E-state index in [0.717, 1.165) is 31.4 Å². The van der Waals surface area contributed by atoms with E-state index in [9.17, 15) is 9.59 Å². The lowest BCUT2D eigenvalue weighted by atomic mass is 9.92. The standard InChI is InChI=1S/C18H27N3O2/c1-14-8-6-4-5-7-10-19-18-15(2)21(11-9-16(14)18)17(23)12-20(3)13-22/h7-8,10,13,15,19H,4-6,9,11-12H2,1-3H3/b10-7+,14-8+/t15-/m0/s1. The molecule has 2 heterocycles. The van der Waals surface area contributed by atoms with Crippen LogP contribution in [-0.4, -0.2) is 48.3 Å². The first-order chi connectivity index (χ1) is 11.0. The minimum atomic E-state index is -0.0151. The molecule has 0 aromatic carbocycles. The van der Waals surface area contributed by atoms with Crippen molar-refractivity contribution in [2.75, 3.05) is 20.1 Å². The van der Waals surface area contributed by atoms with E-state index >= 15 is 0 Å². The van der Waals surface area contributed by atoms with Crippen molar-refractivity contribution in [2.24, 2.45) is 0 Å². The molecule has 1 atom stereocenters. The van der Waals surface area contributed by atoms with Gasteiger partial charge < -0.3 is 15.1 Å². The van der Waals surface area contributed by atoms with Gasteiger partial charge >= 0.3 is 0 Å². The largest absolute Gasteiger partial charge is 0.363 e. The fourth-order valence-electron chi connectivity index (χ4n) is 3.18. The number of nitrogens with zero attached hydrogens (tertiary/aromatic N) is 2. The summed E-state index contributed by atoms with van der Waals surface area (Å²) in [5, 5.41) is 3.40. The monoisotopic (exact) mass is 317 g/mol. The van der Waals surface area contributed by atoms with Crippen LogP contribution in [0.15, 0.2) is 35.2 Å². The fourth-order valence-corrected chi connectivity index (χ4v) is 3.18. The number of carbonyl (C=O) groups is 2. The third-order valence-corrected chi connectivity index (χ3v) is 4.56. The summed E-state index contributed by atoms with van der Waals surface area (Å²) in [7, 11) is 1.63. The van der Waals surface area contributed by atoms with Crippen molar-refractivity contribution in [1.82, 2.24) is 15.1 Å². The molecule has 5 nitrogen and oxygen atoms in total. The molecule has 0 aromatic rings. The van der Waals surface area contributed by atoms with Crippen LogP contribution in [0, 0.1) is 0 Å². The first-order valence-electron chi connectivity index (χ1n) is 8.31. The summed E-state index contributed by atoms with van der Waals surface area (Å²) in [4.78, 5) is 26.4. The Labute approximate surface area is 138 Å². The number of hydrogen-bond donors (Lipinski definition) is 1. The highest BCUT2D eigenvalue weighted by Crippen LogP contribution is 2.28. The Hall–Kier alpha value is -2.04. The molecule has 0 unspecified atom stereocenters. The van der Waals surface area contributed by atoms with Gasteiger partial charge in [-0.15, -0.1) is 0 Å². The summed E-state index contributed by atoms with van der Waals surface area (Å²) >= 11 is 0. The summed E-state index contributed by atoms with van der Waals surface area (Å²) in [5.74, 6) is -0.0110. The lowest BCUT2D eigenvalue weighted by Gasteiger charge is -2.38. The van der Waals surface area contributed by atoms with Crippen molar-refractivity contribution in [3.63, 3.8) is 0 Å². The zero-order valence-corrected chi connectivity index (χ0v) is 14.3. The van der Waals surface area contributed by atoms with Gasteiger partial charge in [0.15, 0.2) is 0 Å². The quantitative estimate of drug-likeness (QED) is 0.812. The molecule has 23 heavy (non-hydrogen) atoms. The predicted octanol–water partition coefficient (Wildman–Crippen LogP) is 2.18. The molecule has 0 radical (unpaired) electrons. The Morgan fingerprint density at radius 3 is 3.00 bits per heavy atom. The topological polar surface area (TPSA) is 52.7 Å². The van der Waals surface area contributed by atoms with E-state index in [0.29, 0.717) is 13.0 Å². The Kier molecular flexibility index (Phi) is 6.02. The van der Waals surface area contributed by atoms with Gasteiger partial charge in [-0.05, 0) is 51.3 Å². The van der Waals surface area contributed by atoms with Crippen molar-refractivity contribution in [2.45, 2.75) is 45.6 Å². The van der Waals surface area contributed by atoms with Gasteiger partial charge in [0, 0.05) is 19.3 Å². The van der Waals surface area contributed by atoms with Crippen LogP contribution in [0.2, 0.25) is 0 Å². The zero-order valence-electron chi connectivity index (χ0n) is 14.3. The van der Waals surface area contributed by atoms with Gasteiger partial charge in [0.2, 0.25) is 12.3 Å². The van der Waals surface area contributed by atoms with Gasteiger partial charge in [-0.25, -0.2) is 0 Å². The normalized spacial score (nSPS) is 25.6. The van der Waals surface area contributed by atoms with E-state index in [1.54, 1.807) is 7.05 Å². The van der Waals surface area contributed by atoms with E-state index in [1.807, 2.05) is 18.0 Å².